The monoisotopic (exact) mass is 208 g/mol. The molecule has 15 heavy (non-hydrogen) atoms. The molecule has 1 aromatic rings. The third-order valence-electron chi connectivity index (χ3n) is 1.77. The van der Waals surface area contributed by atoms with Crippen LogP contribution in [0.15, 0.2) is 24.3 Å². The van der Waals surface area contributed by atoms with Crippen LogP contribution in [0.25, 0.3) is 0 Å². The largest absolute Gasteiger partial charge is 0.492 e. The van der Waals surface area contributed by atoms with Gasteiger partial charge in [-0.2, -0.15) is 0 Å². The molecule has 0 saturated heterocycles. The van der Waals surface area contributed by atoms with E-state index in [4.69, 9.17) is 4.74 Å². The quantitative estimate of drug-likeness (QED) is 0.649. The summed E-state index contributed by atoms with van der Waals surface area (Å²) in [5.41, 5.74) is 0.721. The molecule has 0 N–H and O–H groups in total. The SMILES string of the molecule is CC.CC.O=C1CCOc2ccccc21. The number of para-hydroxylation sites is 1. The normalized spacial score (nSPS) is 12.1. The molecule has 2 rings (SSSR count). The van der Waals surface area contributed by atoms with Gasteiger partial charge in [-0.25, -0.2) is 0 Å². The zero-order valence-corrected chi connectivity index (χ0v) is 10.0. The lowest BCUT2D eigenvalue weighted by Crippen LogP contribution is -2.14. The molecule has 0 amide bonds. The molecule has 2 nitrogen and oxygen atoms in total. The number of carbonyl (C=O) groups is 1. The molecule has 2 heteroatoms. The van der Waals surface area contributed by atoms with E-state index in [1.165, 1.54) is 0 Å². The summed E-state index contributed by atoms with van der Waals surface area (Å²) >= 11 is 0. The van der Waals surface area contributed by atoms with Gasteiger partial charge in [0.15, 0.2) is 5.78 Å². The van der Waals surface area contributed by atoms with Crippen molar-refractivity contribution < 1.29 is 9.53 Å². The number of benzene rings is 1. The number of Topliss-reactive ketones (excluding diaryl/α,β-unsaturated/α-hetero) is 1. The average molecular weight is 208 g/mol. The molecule has 1 aliphatic heterocycles. The van der Waals surface area contributed by atoms with Crippen molar-refractivity contribution in [2.75, 3.05) is 6.61 Å². The van der Waals surface area contributed by atoms with Gasteiger partial charge in [0.05, 0.1) is 12.2 Å². The second-order valence-electron chi connectivity index (χ2n) is 2.52. The van der Waals surface area contributed by atoms with Crippen LogP contribution in [0, 0.1) is 0 Å². The van der Waals surface area contributed by atoms with E-state index in [9.17, 15) is 4.79 Å². The molecule has 1 heterocycles. The van der Waals surface area contributed by atoms with Crippen molar-refractivity contribution in [1.29, 1.82) is 0 Å². The van der Waals surface area contributed by atoms with Crippen LogP contribution in [0.5, 0.6) is 5.75 Å². The van der Waals surface area contributed by atoms with Crippen LogP contribution in [0.2, 0.25) is 0 Å². The van der Waals surface area contributed by atoms with Crippen LogP contribution in [0.3, 0.4) is 0 Å². The van der Waals surface area contributed by atoms with Gasteiger partial charge >= 0.3 is 0 Å². The van der Waals surface area contributed by atoms with E-state index >= 15 is 0 Å². The first kappa shape index (κ1) is 13.7. The number of carbonyl (C=O) groups excluding carboxylic acids is 1. The highest BCUT2D eigenvalue weighted by atomic mass is 16.5. The zero-order valence-electron chi connectivity index (χ0n) is 10.0. The molecule has 0 atom stereocenters. The summed E-state index contributed by atoms with van der Waals surface area (Å²) in [6, 6.07) is 7.35. The lowest BCUT2D eigenvalue weighted by atomic mass is 10.1. The Labute approximate surface area is 92.3 Å². The molecule has 1 aliphatic rings. The van der Waals surface area contributed by atoms with Gasteiger partial charge < -0.3 is 4.74 Å². The maximum Gasteiger partial charge on any atom is 0.169 e. The Kier molecular flexibility index (Phi) is 7.33. The van der Waals surface area contributed by atoms with Gasteiger partial charge in [0.1, 0.15) is 5.75 Å². The summed E-state index contributed by atoms with van der Waals surface area (Å²) in [4.78, 5) is 11.2. The fourth-order valence-electron chi connectivity index (χ4n) is 1.21. The fourth-order valence-corrected chi connectivity index (χ4v) is 1.21. The lowest BCUT2D eigenvalue weighted by molar-refractivity contribution is 0.0933. The number of hydrogen-bond acceptors (Lipinski definition) is 2. The van der Waals surface area contributed by atoms with Gasteiger partial charge in [-0.3, -0.25) is 4.79 Å². The second-order valence-corrected chi connectivity index (χ2v) is 2.52. The van der Waals surface area contributed by atoms with Crippen molar-refractivity contribution in [3.8, 4) is 5.75 Å². The van der Waals surface area contributed by atoms with Crippen LogP contribution in [-0.2, 0) is 0 Å². The molecule has 0 unspecified atom stereocenters. The van der Waals surface area contributed by atoms with Gasteiger partial charge in [0, 0.05) is 6.42 Å². The summed E-state index contributed by atoms with van der Waals surface area (Å²) in [6.07, 6.45) is 0.511. The smallest absolute Gasteiger partial charge is 0.169 e. The van der Waals surface area contributed by atoms with Crippen molar-refractivity contribution >= 4 is 5.78 Å². The molecular weight excluding hydrogens is 188 g/mol. The molecule has 0 aliphatic carbocycles. The van der Waals surface area contributed by atoms with Crippen LogP contribution >= 0.6 is 0 Å². The minimum atomic E-state index is 0.187. The molecule has 1 aromatic carbocycles. The van der Waals surface area contributed by atoms with Crippen molar-refractivity contribution in [3.05, 3.63) is 29.8 Å². The zero-order chi connectivity index (χ0) is 11.7. The van der Waals surface area contributed by atoms with Crippen LogP contribution in [0.1, 0.15) is 44.5 Å². The van der Waals surface area contributed by atoms with E-state index in [1.807, 2.05) is 45.9 Å². The Morgan fingerprint density at radius 3 is 2.27 bits per heavy atom. The highest BCUT2D eigenvalue weighted by molar-refractivity contribution is 5.99. The summed E-state index contributed by atoms with van der Waals surface area (Å²) in [5, 5.41) is 0. The third kappa shape index (κ3) is 3.74. The van der Waals surface area contributed by atoms with Gasteiger partial charge in [-0.15, -0.1) is 0 Å². The summed E-state index contributed by atoms with van der Waals surface area (Å²) in [6.45, 7) is 8.52. The van der Waals surface area contributed by atoms with Gasteiger partial charge in [0.25, 0.3) is 0 Å². The highest BCUT2D eigenvalue weighted by Crippen LogP contribution is 2.23. The van der Waals surface area contributed by atoms with Gasteiger partial charge in [-0.1, -0.05) is 39.8 Å². The van der Waals surface area contributed by atoms with Gasteiger partial charge in [-0.05, 0) is 12.1 Å². The molecule has 0 saturated carbocycles. The van der Waals surface area contributed by atoms with Crippen molar-refractivity contribution in [2.45, 2.75) is 34.1 Å². The fraction of sp³-hybridized carbons (Fsp3) is 0.462. The Balaban J connectivity index is 0.000000442. The molecule has 0 aromatic heterocycles. The second kappa shape index (κ2) is 8.04. The topological polar surface area (TPSA) is 26.3 Å². The van der Waals surface area contributed by atoms with Crippen LogP contribution in [-0.4, -0.2) is 12.4 Å². The molecule has 84 valence electrons. The first-order valence-corrected chi connectivity index (χ1v) is 5.63. The summed E-state index contributed by atoms with van der Waals surface area (Å²) in [7, 11) is 0. The van der Waals surface area contributed by atoms with Crippen LogP contribution in [0.4, 0.5) is 0 Å². The number of fused-ring (bicyclic) bond motifs is 1. The minimum absolute atomic E-state index is 0.187. The average Bonchev–Trinajstić information content (AvgIpc) is 2.35. The Morgan fingerprint density at radius 2 is 1.67 bits per heavy atom. The third-order valence-corrected chi connectivity index (χ3v) is 1.77. The molecule has 0 fully saturated rings. The maximum atomic E-state index is 11.2. The van der Waals surface area contributed by atoms with E-state index in [0.717, 1.165) is 11.3 Å². The van der Waals surface area contributed by atoms with Gasteiger partial charge in [0.2, 0.25) is 0 Å². The van der Waals surface area contributed by atoms with E-state index in [2.05, 4.69) is 0 Å². The molecule has 0 spiro atoms. The van der Waals surface area contributed by atoms with E-state index in [0.29, 0.717) is 13.0 Å². The molecular formula is C13H20O2. The predicted octanol–water partition coefficient (Wildman–Crippen LogP) is 3.70. The molecule has 0 bridgehead atoms. The Hall–Kier alpha value is -1.31. The van der Waals surface area contributed by atoms with Crippen LogP contribution < -0.4 is 4.74 Å². The van der Waals surface area contributed by atoms with Crippen molar-refractivity contribution in [2.24, 2.45) is 0 Å². The molecule has 0 radical (unpaired) electrons. The lowest BCUT2D eigenvalue weighted by Gasteiger charge is -2.14. The standard InChI is InChI=1S/C9H8O2.2C2H6/c10-8-5-6-11-9-4-2-1-3-7(8)9;2*1-2/h1-4H,5-6H2;2*1-2H3. The predicted molar refractivity (Wildman–Crippen MR) is 63.6 cm³/mol. The maximum absolute atomic E-state index is 11.2. The first-order chi connectivity index (χ1) is 7.38. The first-order valence-electron chi connectivity index (χ1n) is 5.63. The summed E-state index contributed by atoms with van der Waals surface area (Å²) in [5.74, 6) is 0.913. The Bertz CT molecular complexity index is 292. The number of ketones is 1. The van der Waals surface area contributed by atoms with E-state index < -0.39 is 0 Å². The van der Waals surface area contributed by atoms with E-state index in [1.54, 1.807) is 6.07 Å². The number of ether oxygens (including phenoxy) is 1. The van der Waals surface area contributed by atoms with Crippen molar-refractivity contribution in [1.82, 2.24) is 0 Å². The van der Waals surface area contributed by atoms with E-state index in [-0.39, 0.29) is 5.78 Å². The van der Waals surface area contributed by atoms with Crippen molar-refractivity contribution in [3.63, 3.8) is 0 Å². The number of rotatable bonds is 0. The summed E-state index contributed by atoms with van der Waals surface area (Å²) < 4.78 is 5.27. The number of hydrogen-bond donors (Lipinski definition) is 0. The minimum Gasteiger partial charge on any atom is -0.492 e. The Morgan fingerprint density at radius 1 is 1.07 bits per heavy atom. The highest BCUT2D eigenvalue weighted by Gasteiger charge is 2.16.